The van der Waals surface area contributed by atoms with E-state index in [0.717, 1.165) is 25.9 Å². The maximum atomic E-state index is 9.45. The van der Waals surface area contributed by atoms with Crippen LogP contribution in [0.25, 0.3) is 0 Å². The second-order valence-corrected chi connectivity index (χ2v) is 3.40. The Morgan fingerprint density at radius 3 is 3.08 bits per heavy atom. The summed E-state index contributed by atoms with van der Waals surface area (Å²) in [4.78, 5) is 0. The summed E-state index contributed by atoms with van der Waals surface area (Å²) >= 11 is 0. The smallest absolute Gasteiger partial charge is 0.163 e. The molecule has 12 heavy (non-hydrogen) atoms. The Balaban J connectivity index is 2.15. The van der Waals surface area contributed by atoms with Crippen molar-refractivity contribution in [3.8, 4) is 0 Å². The van der Waals surface area contributed by atoms with Crippen LogP contribution in [0, 0.1) is 0 Å². The van der Waals surface area contributed by atoms with Gasteiger partial charge in [-0.15, -0.1) is 6.58 Å². The zero-order valence-electron chi connectivity index (χ0n) is 7.55. The molecule has 0 bridgehead atoms. The Hall–Kier alpha value is -0.380. The molecule has 3 nitrogen and oxygen atoms in total. The molecule has 0 aromatic carbocycles. The Labute approximate surface area is 73.4 Å². The summed E-state index contributed by atoms with van der Waals surface area (Å²) in [5.41, 5.74) is 0. The summed E-state index contributed by atoms with van der Waals surface area (Å²) in [5, 5.41) is 12.6. The van der Waals surface area contributed by atoms with E-state index in [1.807, 2.05) is 6.08 Å². The van der Waals surface area contributed by atoms with Gasteiger partial charge < -0.3 is 15.2 Å². The molecule has 1 aliphatic rings. The van der Waals surface area contributed by atoms with Crippen molar-refractivity contribution in [1.82, 2.24) is 5.32 Å². The molecule has 0 aliphatic carbocycles. The molecule has 3 heteroatoms. The molecule has 1 rings (SSSR count). The summed E-state index contributed by atoms with van der Waals surface area (Å²) in [5.74, 6) is -0.902. The first-order valence-corrected chi connectivity index (χ1v) is 4.36. The summed E-state index contributed by atoms with van der Waals surface area (Å²) < 4.78 is 5.35. The second kappa shape index (κ2) is 4.03. The highest BCUT2D eigenvalue weighted by atomic mass is 16.6. The molecule has 0 aromatic heterocycles. The zero-order valence-corrected chi connectivity index (χ0v) is 7.55. The van der Waals surface area contributed by atoms with E-state index in [9.17, 15) is 5.11 Å². The van der Waals surface area contributed by atoms with Gasteiger partial charge in [0.2, 0.25) is 0 Å². The van der Waals surface area contributed by atoms with Crippen LogP contribution in [0.3, 0.4) is 0 Å². The maximum Gasteiger partial charge on any atom is 0.163 e. The largest absolute Gasteiger partial charge is 0.366 e. The molecule has 0 spiro atoms. The van der Waals surface area contributed by atoms with Crippen molar-refractivity contribution in [3.63, 3.8) is 0 Å². The zero-order chi connectivity index (χ0) is 9.03. The van der Waals surface area contributed by atoms with Crippen molar-refractivity contribution >= 4 is 0 Å². The van der Waals surface area contributed by atoms with E-state index in [-0.39, 0.29) is 6.10 Å². The van der Waals surface area contributed by atoms with Gasteiger partial charge in [0.15, 0.2) is 5.79 Å². The second-order valence-electron chi connectivity index (χ2n) is 3.40. The summed E-state index contributed by atoms with van der Waals surface area (Å²) in [6, 6.07) is 0. The average Bonchev–Trinajstić information content (AvgIpc) is 2.31. The van der Waals surface area contributed by atoms with Gasteiger partial charge in [-0.1, -0.05) is 6.08 Å². The highest BCUT2D eigenvalue weighted by Gasteiger charge is 2.33. The number of ether oxygens (including phenoxy) is 1. The fourth-order valence-corrected chi connectivity index (χ4v) is 1.40. The highest BCUT2D eigenvalue weighted by Crippen LogP contribution is 2.26. The quantitative estimate of drug-likeness (QED) is 0.482. The lowest BCUT2D eigenvalue weighted by atomic mass is 10.2. The van der Waals surface area contributed by atoms with Crippen molar-refractivity contribution in [3.05, 3.63) is 12.7 Å². The molecule has 2 unspecified atom stereocenters. The SMILES string of the molecule is C=CCNCC1CCC(C)(O)O1. The Morgan fingerprint density at radius 1 is 1.83 bits per heavy atom. The van der Waals surface area contributed by atoms with Crippen LogP contribution in [0.1, 0.15) is 19.8 Å². The van der Waals surface area contributed by atoms with Crippen molar-refractivity contribution in [2.45, 2.75) is 31.7 Å². The van der Waals surface area contributed by atoms with Gasteiger partial charge in [-0.25, -0.2) is 0 Å². The summed E-state index contributed by atoms with van der Waals surface area (Å²) in [6.07, 6.45) is 3.62. The third-order valence-corrected chi connectivity index (χ3v) is 2.01. The maximum absolute atomic E-state index is 9.45. The first-order valence-electron chi connectivity index (χ1n) is 4.36. The topological polar surface area (TPSA) is 41.5 Å². The monoisotopic (exact) mass is 171 g/mol. The predicted molar refractivity (Wildman–Crippen MR) is 47.8 cm³/mol. The van der Waals surface area contributed by atoms with Gasteiger partial charge in [0.1, 0.15) is 0 Å². The van der Waals surface area contributed by atoms with Crippen LogP contribution in [-0.2, 0) is 4.74 Å². The van der Waals surface area contributed by atoms with Gasteiger partial charge in [-0.3, -0.25) is 0 Å². The van der Waals surface area contributed by atoms with Crippen molar-refractivity contribution in [2.24, 2.45) is 0 Å². The van der Waals surface area contributed by atoms with Gasteiger partial charge in [0.25, 0.3) is 0 Å². The van der Waals surface area contributed by atoms with Crippen molar-refractivity contribution in [2.75, 3.05) is 13.1 Å². The Morgan fingerprint density at radius 2 is 2.58 bits per heavy atom. The van der Waals surface area contributed by atoms with E-state index in [0.29, 0.717) is 0 Å². The first-order chi connectivity index (χ1) is 5.64. The molecular weight excluding hydrogens is 154 g/mol. The molecule has 2 atom stereocenters. The third kappa shape index (κ3) is 2.93. The summed E-state index contributed by atoms with van der Waals surface area (Å²) in [7, 11) is 0. The van der Waals surface area contributed by atoms with Crippen LogP contribution in [0.4, 0.5) is 0 Å². The van der Waals surface area contributed by atoms with Gasteiger partial charge in [-0.05, 0) is 13.3 Å². The Bertz CT molecular complexity index is 157. The number of aliphatic hydroxyl groups is 1. The van der Waals surface area contributed by atoms with E-state index < -0.39 is 5.79 Å². The lowest BCUT2D eigenvalue weighted by molar-refractivity contribution is -0.176. The van der Waals surface area contributed by atoms with E-state index in [1.165, 1.54) is 0 Å². The van der Waals surface area contributed by atoms with Crippen molar-refractivity contribution < 1.29 is 9.84 Å². The van der Waals surface area contributed by atoms with Crippen LogP contribution in [0.5, 0.6) is 0 Å². The van der Waals surface area contributed by atoms with E-state index in [1.54, 1.807) is 6.92 Å². The first kappa shape index (κ1) is 9.71. The van der Waals surface area contributed by atoms with Crippen LogP contribution in [-0.4, -0.2) is 30.1 Å². The molecule has 1 fully saturated rings. The molecule has 0 amide bonds. The van der Waals surface area contributed by atoms with Gasteiger partial charge in [0.05, 0.1) is 6.10 Å². The molecule has 1 saturated heterocycles. The molecule has 1 aliphatic heterocycles. The molecule has 1 heterocycles. The standard InChI is InChI=1S/C9H17NO2/c1-3-6-10-7-8-4-5-9(2,11)12-8/h3,8,10-11H,1,4-7H2,2H3. The number of hydrogen-bond acceptors (Lipinski definition) is 3. The predicted octanol–water partition coefficient (Wildman–Crippen LogP) is 0.649. The van der Waals surface area contributed by atoms with Crippen LogP contribution in [0.2, 0.25) is 0 Å². The molecule has 0 aromatic rings. The highest BCUT2D eigenvalue weighted by molar-refractivity contribution is 4.79. The lowest BCUT2D eigenvalue weighted by Gasteiger charge is -2.17. The Kier molecular flexibility index (Phi) is 3.26. The minimum atomic E-state index is -0.902. The molecule has 0 radical (unpaired) electrons. The van der Waals surface area contributed by atoms with Gasteiger partial charge in [-0.2, -0.15) is 0 Å². The minimum absolute atomic E-state index is 0.153. The molecule has 70 valence electrons. The lowest BCUT2D eigenvalue weighted by Crippen LogP contribution is -2.30. The fraction of sp³-hybridized carbons (Fsp3) is 0.778. The molecular formula is C9H17NO2. The molecule has 0 saturated carbocycles. The van der Waals surface area contributed by atoms with E-state index in [2.05, 4.69) is 11.9 Å². The minimum Gasteiger partial charge on any atom is -0.366 e. The average molecular weight is 171 g/mol. The van der Waals surface area contributed by atoms with E-state index >= 15 is 0 Å². The third-order valence-electron chi connectivity index (χ3n) is 2.01. The number of rotatable bonds is 4. The van der Waals surface area contributed by atoms with Crippen LogP contribution >= 0.6 is 0 Å². The molecule has 2 N–H and O–H groups in total. The van der Waals surface area contributed by atoms with Gasteiger partial charge in [0, 0.05) is 19.5 Å². The number of nitrogens with one attached hydrogen (secondary N) is 1. The van der Waals surface area contributed by atoms with Gasteiger partial charge >= 0.3 is 0 Å². The number of hydrogen-bond donors (Lipinski definition) is 2. The fourth-order valence-electron chi connectivity index (χ4n) is 1.40. The summed E-state index contributed by atoms with van der Waals surface area (Å²) in [6.45, 7) is 6.90. The van der Waals surface area contributed by atoms with Crippen LogP contribution in [0.15, 0.2) is 12.7 Å². The normalized spacial score (nSPS) is 35.3. The van der Waals surface area contributed by atoms with Crippen molar-refractivity contribution in [1.29, 1.82) is 0 Å². The van der Waals surface area contributed by atoms with E-state index in [4.69, 9.17) is 4.74 Å². The van der Waals surface area contributed by atoms with Crippen LogP contribution < -0.4 is 5.32 Å².